The van der Waals surface area contributed by atoms with E-state index in [0.717, 1.165) is 37.4 Å². The van der Waals surface area contributed by atoms with Crippen LogP contribution >= 0.6 is 0 Å². The summed E-state index contributed by atoms with van der Waals surface area (Å²) in [5, 5.41) is 6.70. The first-order valence-electron chi connectivity index (χ1n) is 6.24. The van der Waals surface area contributed by atoms with Gasteiger partial charge in [0.05, 0.1) is 30.4 Å². The zero-order valence-corrected chi connectivity index (χ0v) is 11.0. The summed E-state index contributed by atoms with van der Waals surface area (Å²) in [6.45, 7) is 5.88. The maximum atomic E-state index is 5.21. The second kappa shape index (κ2) is 7.90. The molecule has 1 heterocycles. The molecular formula is C13H23N3O. The molecule has 4 heteroatoms. The summed E-state index contributed by atoms with van der Waals surface area (Å²) in [6, 6.07) is 2.43. The Labute approximate surface area is 104 Å². The van der Waals surface area contributed by atoms with Gasteiger partial charge in [0.1, 0.15) is 0 Å². The van der Waals surface area contributed by atoms with Crippen LogP contribution in [-0.2, 0) is 4.74 Å². The van der Waals surface area contributed by atoms with Crippen molar-refractivity contribution >= 4 is 11.4 Å². The fourth-order valence-corrected chi connectivity index (χ4v) is 1.80. The quantitative estimate of drug-likeness (QED) is 0.730. The minimum absolute atomic E-state index is 0.351. The third-order valence-corrected chi connectivity index (χ3v) is 2.49. The molecule has 96 valence electrons. The van der Waals surface area contributed by atoms with Gasteiger partial charge >= 0.3 is 0 Å². The Morgan fingerprint density at radius 1 is 1.29 bits per heavy atom. The van der Waals surface area contributed by atoms with Crippen LogP contribution in [0.15, 0.2) is 18.5 Å². The first-order valence-corrected chi connectivity index (χ1v) is 6.24. The molecule has 0 fully saturated rings. The minimum Gasteiger partial charge on any atom is -0.384 e. The number of pyridine rings is 1. The molecule has 17 heavy (non-hydrogen) atoms. The number of rotatable bonds is 8. The van der Waals surface area contributed by atoms with Gasteiger partial charge in [-0.25, -0.2) is 0 Å². The van der Waals surface area contributed by atoms with Crippen molar-refractivity contribution in [2.75, 3.05) is 30.9 Å². The Hall–Kier alpha value is -1.29. The van der Waals surface area contributed by atoms with Gasteiger partial charge in [-0.1, -0.05) is 13.3 Å². The fraction of sp³-hybridized carbons (Fsp3) is 0.615. The van der Waals surface area contributed by atoms with E-state index in [9.17, 15) is 0 Å². The highest BCUT2D eigenvalue weighted by Gasteiger charge is 2.07. The van der Waals surface area contributed by atoms with Gasteiger partial charge in [-0.3, -0.25) is 4.98 Å². The lowest BCUT2D eigenvalue weighted by atomic mass is 10.1. The van der Waals surface area contributed by atoms with E-state index in [0.29, 0.717) is 6.04 Å². The molecule has 0 aliphatic heterocycles. The van der Waals surface area contributed by atoms with Gasteiger partial charge in [-0.15, -0.1) is 0 Å². The van der Waals surface area contributed by atoms with Crippen LogP contribution in [0.2, 0.25) is 0 Å². The molecule has 1 aromatic heterocycles. The molecule has 0 aliphatic rings. The number of aromatic nitrogens is 1. The Morgan fingerprint density at radius 3 is 2.71 bits per heavy atom. The highest BCUT2D eigenvalue weighted by molar-refractivity contribution is 5.54. The third-order valence-electron chi connectivity index (χ3n) is 2.49. The van der Waals surface area contributed by atoms with Crippen molar-refractivity contribution in [2.45, 2.75) is 32.7 Å². The van der Waals surface area contributed by atoms with E-state index < -0.39 is 0 Å². The van der Waals surface area contributed by atoms with Crippen LogP contribution in [0.5, 0.6) is 0 Å². The number of ether oxygens (including phenoxy) is 1. The maximum absolute atomic E-state index is 5.21. The summed E-state index contributed by atoms with van der Waals surface area (Å²) in [7, 11) is 1.73. The third kappa shape index (κ3) is 5.04. The second-order valence-electron chi connectivity index (χ2n) is 4.08. The zero-order valence-electron chi connectivity index (χ0n) is 11.0. The summed E-state index contributed by atoms with van der Waals surface area (Å²) >= 11 is 0. The van der Waals surface area contributed by atoms with Gasteiger partial charge in [-0.2, -0.15) is 0 Å². The van der Waals surface area contributed by atoms with E-state index in [1.54, 1.807) is 7.11 Å². The predicted octanol–water partition coefficient (Wildman–Crippen LogP) is 2.74. The first-order chi connectivity index (χ1) is 8.30. The molecule has 0 spiro atoms. The molecule has 0 saturated heterocycles. The predicted molar refractivity (Wildman–Crippen MR) is 72.6 cm³/mol. The molecule has 0 aliphatic carbocycles. The molecule has 2 N–H and O–H groups in total. The number of anilines is 2. The average molecular weight is 237 g/mol. The summed E-state index contributed by atoms with van der Waals surface area (Å²) < 4.78 is 5.21. The minimum atomic E-state index is 0.351. The van der Waals surface area contributed by atoms with Crippen LogP contribution in [0.1, 0.15) is 26.7 Å². The van der Waals surface area contributed by atoms with Gasteiger partial charge in [0.25, 0.3) is 0 Å². The Balaban J connectivity index is 2.60. The van der Waals surface area contributed by atoms with Crippen molar-refractivity contribution < 1.29 is 4.74 Å². The molecule has 1 aromatic rings. The molecule has 1 rings (SSSR count). The fourth-order valence-electron chi connectivity index (χ4n) is 1.80. The lowest BCUT2D eigenvalue weighted by Crippen LogP contribution is -2.24. The van der Waals surface area contributed by atoms with Crippen molar-refractivity contribution in [1.82, 2.24) is 4.98 Å². The van der Waals surface area contributed by atoms with Crippen LogP contribution in [0.25, 0.3) is 0 Å². The van der Waals surface area contributed by atoms with Crippen molar-refractivity contribution in [3.05, 3.63) is 18.5 Å². The van der Waals surface area contributed by atoms with Crippen molar-refractivity contribution in [2.24, 2.45) is 0 Å². The van der Waals surface area contributed by atoms with Crippen molar-refractivity contribution in [3.8, 4) is 0 Å². The van der Waals surface area contributed by atoms with Gasteiger partial charge < -0.3 is 15.4 Å². The maximum Gasteiger partial charge on any atom is 0.0664 e. The number of hydrogen-bond donors (Lipinski definition) is 2. The van der Waals surface area contributed by atoms with Crippen LogP contribution in [0.4, 0.5) is 11.4 Å². The topological polar surface area (TPSA) is 46.2 Å². The van der Waals surface area contributed by atoms with E-state index in [4.69, 9.17) is 4.74 Å². The SMILES string of the molecule is CCCC(COC)Nc1cncc(NCC)c1. The summed E-state index contributed by atoms with van der Waals surface area (Å²) in [5.74, 6) is 0. The molecule has 1 atom stereocenters. The molecule has 0 radical (unpaired) electrons. The highest BCUT2D eigenvalue weighted by Crippen LogP contribution is 2.15. The first kappa shape index (κ1) is 13.8. The van der Waals surface area contributed by atoms with E-state index in [1.807, 2.05) is 12.4 Å². The van der Waals surface area contributed by atoms with Gasteiger partial charge in [-0.05, 0) is 19.4 Å². The van der Waals surface area contributed by atoms with Gasteiger partial charge in [0.2, 0.25) is 0 Å². The van der Waals surface area contributed by atoms with E-state index in [2.05, 4.69) is 35.5 Å². The van der Waals surface area contributed by atoms with Crippen LogP contribution in [0, 0.1) is 0 Å². The lowest BCUT2D eigenvalue weighted by molar-refractivity contribution is 0.182. The normalized spacial score (nSPS) is 12.2. The summed E-state index contributed by atoms with van der Waals surface area (Å²) in [6.07, 6.45) is 5.92. The number of nitrogens with one attached hydrogen (secondary N) is 2. The smallest absolute Gasteiger partial charge is 0.0664 e. The number of nitrogens with zero attached hydrogens (tertiary/aromatic N) is 1. The number of hydrogen-bond acceptors (Lipinski definition) is 4. The summed E-state index contributed by atoms with van der Waals surface area (Å²) in [5.41, 5.74) is 2.09. The standard InChI is InChI=1S/C13H23N3O/c1-4-6-11(10-17-3)16-13-7-12(15-5-2)8-14-9-13/h7-9,11,15-16H,4-6,10H2,1-3H3. The zero-order chi connectivity index (χ0) is 12.5. The average Bonchev–Trinajstić information content (AvgIpc) is 2.30. The van der Waals surface area contributed by atoms with E-state index in [-0.39, 0.29) is 0 Å². The molecule has 0 amide bonds. The Kier molecular flexibility index (Phi) is 6.40. The second-order valence-corrected chi connectivity index (χ2v) is 4.08. The molecule has 0 saturated carbocycles. The molecule has 1 unspecified atom stereocenters. The van der Waals surface area contributed by atoms with Crippen molar-refractivity contribution in [3.63, 3.8) is 0 Å². The van der Waals surface area contributed by atoms with Crippen molar-refractivity contribution in [1.29, 1.82) is 0 Å². The Bertz CT molecular complexity index is 311. The van der Waals surface area contributed by atoms with Gasteiger partial charge in [0.15, 0.2) is 0 Å². The van der Waals surface area contributed by atoms with Crippen LogP contribution < -0.4 is 10.6 Å². The Morgan fingerprint density at radius 2 is 2.06 bits per heavy atom. The molecular weight excluding hydrogens is 214 g/mol. The molecule has 4 nitrogen and oxygen atoms in total. The van der Waals surface area contributed by atoms with Gasteiger partial charge in [0, 0.05) is 19.7 Å². The molecule has 0 bridgehead atoms. The van der Waals surface area contributed by atoms with E-state index in [1.165, 1.54) is 0 Å². The highest BCUT2D eigenvalue weighted by atomic mass is 16.5. The molecule has 0 aromatic carbocycles. The van der Waals surface area contributed by atoms with Crippen LogP contribution in [0.3, 0.4) is 0 Å². The lowest BCUT2D eigenvalue weighted by Gasteiger charge is -2.18. The van der Waals surface area contributed by atoms with Crippen LogP contribution in [-0.4, -0.2) is 31.3 Å². The largest absolute Gasteiger partial charge is 0.384 e. The van der Waals surface area contributed by atoms with E-state index >= 15 is 0 Å². The summed E-state index contributed by atoms with van der Waals surface area (Å²) in [4.78, 5) is 4.21. The monoisotopic (exact) mass is 237 g/mol. The number of methoxy groups -OCH3 is 1.